The summed E-state index contributed by atoms with van der Waals surface area (Å²) in [5.41, 5.74) is 7.33. The Labute approximate surface area is 98.2 Å². The minimum absolute atomic E-state index is 0.696. The molecule has 1 aliphatic heterocycles. The second-order valence-electron chi connectivity index (χ2n) is 4.21. The first kappa shape index (κ1) is 9.96. The van der Waals surface area contributed by atoms with Crippen molar-refractivity contribution < 1.29 is 0 Å². The Kier molecular flexibility index (Phi) is 2.47. The number of fused-ring (bicyclic) bond motifs is 1. The topological polar surface area (TPSA) is 56.2 Å². The highest BCUT2D eigenvalue weighted by Crippen LogP contribution is 2.26. The highest BCUT2D eigenvalue weighted by Gasteiger charge is 2.18. The molecule has 0 aliphatic carbocycles. The summed E-state index contributed by atoms with van der Waals surface area (Å²) in [7, 11) is 0. The first-order valence-corrected chi connectivity index (χ1v) is 6.66. The SMILES string of the molecule is Nc1cccn2c(CC3CCSC3)nnc12. The van der Waals surface area contributed by atoms with Crippen molar-refractivity contribution in [3.63, 3.8) is 0 Å². The number of hydrogen-bond acceptors (Lipinski definition) is 4. The fourth-order valence-corrected chi connectivity index (χ4v) is 3.41. The van der Waals surface area contributed by atoms with Crippen LogP contribution in [0.2, 0.25) is 0 Å². The van der Waals surface area contributed by atoms with Crippen molar-refractivity contribution in [2.24, 2.45) is 5.92 Å². The summed E-state index contributed by atoms with van der Waals surface area (Å²) in [6.45, 7) is 0. The van der Waals surface area contributed by atoms with Gasteiger partial charge in [-0.25, -0.2) is 0 Å². The van der Waals surface area contributed by atoms with Gasteiger partial charge >= 0.3 is 0 Å². The number of nitrogens with zero attached hydrogens (tertiary/aromatic N) is 3. The van der Waals surface area contributed by atoms with E-state index in [1.165, 1.54) is 17.9 Å². The van der Waals surface area contributed by atoms with E-state index >= 15 is 0 Å². The maximum atomic E-state index is 5.85. The second-order valence-corrected chi connectivity index (χ2v) is 5.36. The number of anilines is 1. The van der Waals surface area contributed by atoms with Gasteiger partial charge in [-0.05, 0) is 36.0 Å². The van der Waals surface area contributed by atoms with Gasteiger partial charge in [-0.15, -0.1) is 10.2 Å². The molecule has 84 valence electrons. The average molecular weight is 234 g/mol. The third-order valence-corrected chi connectivity index (χ3v) is 4.26. The third kappa shape index (κ3) is 1.65. The van der Waals surface area contributed by atoms with Crippen LogP contribution in [-0.2, 0) is 6.42 Å². The number of hydrogen-bond donors (Lipinski definition) is 1. The van der Waals surface area contributed by atoms with Gasteiger partial charge in [0, 0.05) is 12.6 Å². The molecule has 0 spiro atoms. The average Bonchev–Trinajstić information content (AvgIpc) is 2.90. The molecule has 0 aromatic carbocycles. The van der Waals surface area contributed by atoms with Crippen molar-refractivity contribution in [1.82, 2.24) is 14.6 Å². The van der Waals surface area contributed by atoms with Crippen LogP contribution in [-0.4, -0.2) is 26.1 Å². The molecular formula is C11H14N4S. The van der Waals surface area contributed by atoms with Crippen LogP contribution >= 0.6 is 11.8 Å². The quantitative estimate of drug-likeness (QED) is 0.857. The molecule has 4 nitrogen and oxygen atoms in total. The Hall–Kier alpha value is -1.23. The minimum Gasteiger partial charge on any atom is -0.396 e. The van der Waals surface area contributed by atoms with Gasteiger partial charge in [-0.1, -0.05) is 0 Å². The lowest BCUT2D eigenvalue weighted by Crippen LogP contribution is -2.06. The number of pyridine rings is 1. The van der Waals surface area contributed by atoms with Crippen molar-refractivity contribution in [3.8, 4) is 0 Å². The van der Waals surface area contributed by atoms with Gasteiger partial charge in [0.1, 0.15) is 5.82 Å². The summed E-state index contributed by atoms with van der Waals surface area (Å²) in [4.78, 5) is 0. The van der Waals surface area contributed by atoms with Crippen LogP contribution in [0.25, 0.3) is 5.65 Å². The second kappa shape index (κ2) is 3.97. The van der Waals surface area contributed by atoms with E-state index < -0.39 is 0 Å². The van der Waals surface area contributed by atoms with Gasteiger partial charge in [0.25, 0.3) is 0 Å². The molecule has 1 atom stereocenters. The van der Waals surface area contributed by atoms with E-state index in [4.69, 9.17) is 5.73 Å². The molecule has 2 aromatic rings. The Morgan fingerprint density at radius 3 is 3.25 bits per heavy atom. The van der Waals surface area contributed by atoms with Gasteiger partial charge in [0.05, 0.1) is 5.69 Å². The highest BCUT2D eigenvalue weighted by molar-refractivity contribution is 7.99. The van der Waals surface area contributed by atoms with Crippen molar-refractivity contribution in [3.05, 3.63) is 24.2 Å². The van der Waals surface area contributed by atoms with Crippen LogP contribution in [0.3, 0.4) is 0 Å². The Bertz CT molecular complexity index is 502. The third-order valence-electron chi connectivity index (χ3n) is 3.03. The molecule has 0 radical (unpaired) electrons. The molecule has 0 saturated carbocycles. The lowest BCUT2D eigenvalue weighted by atomic mass is 10.1. The predicted octanol–water partition coefficient (Wildman–Crippen LogP) is 1.61. The molecule has 3 heterocycles. The summed E-state index contributed by atoms with van der Waals surface area (Å²) in [6.07, 6.45) is 4.29. The molecule has 0 amide bonds. The van der Waals surface area contributed by atoms with Gasteiger partial charge in [-0.2, -0.15) is 11.8 Å². The molecule has 1 saturated heterocycles. The normalized spacial score (nSPS) is 20.6. The molecule has 2 N–H and O–H groups in total. The largest absolute Gasteiger partial charge is 0.396 e. The zero-order valence-electron chi connectivity index (χ0n) is 8.97. The van der Waals surface area contributed by atoms with Crippen LogP contribution in [0.15, 0.2) is 18.3 Å². The van der Waals surface area contributed by atoms with Crippen LogP contribution in [0.4, 0.5) is 5.69 Å². The summed E-state index contributed by atoms with van der Waals surface area (Å²) >= 11 is 2.03. The van der Waals surface area contributed by atoms with Gasteiger partial charge in [0.2, 0.25) is 0 Å². The lowest BCUT2D eigenvalue weighted by molar-refractivity contribution is 0.572. The number of aromatic nitrogens is 3. The first-order valence-electron chi connectivity index (χ1n) is 5.50. The van der Waals surface area contributed by atoms with Crippen LogP contribution in [0.1, 0.15) is 12.2 Å². The van der Waals surface area contributed by atoms with E-state index in [0.29, 0.717) is 5.69 Å². The first-order chi connectivity index (χ1) is 7.84. The number of rotatable bonds is 2. The van der Waals surface area contributed by atoms with E-state index in [1.807, 2.05) is 34.5 Å². The highest BCUT2D eigenvalue weighted by atomic mass is 32.2. The predicted molar refractivity (Wildman–Crippen MR) is 66.5 cm³/mol. The minimum atomic E-state index is 0.696. The summed E-state index contributed by atoms with van der Waals surface area (Å²) < 4.78 is 2.01. The van der Waals surface area contributed by atoms with Gasteiger partial charge in [0.15, 0.2) is 5.65 Å². The number of thioether (sulfide) groups is 1. The number of nitrogen functional groups attached to an aromatic ring is 1. The monoisotopic (exact) mass is 234 g/mol. The number of nitrogens with two attached hydrogens (primary N) is 1. The molecule has 5 heteroatoms. The molecule has 1 fully saturated rings. The smallest absolute Gasteiger partial charge is 0.183 e. The molecular weight excluding hydrogens is 220 g/mol. The van der Waals surface area contributed by atoms with E-state index in [0.717, 1.165) is 23.8 Å². The van der Waals surface area contributed by atoms with Crippen molar-refractivity contribution in [2.45, 2.75) is 12.8 Å². The maximum Gasteiger partial charge on any atom is 0.183 e. The zero-order valence-corrected chi connectivity index (χ0v) is 9.78. The van der Waals surface area contributed by atoms with Crippen LogP contribution in [0.5, 0.6) is 0 Å². The Morgan fingerprint density at radius 2 is 2.44 bits per heavy atom. The summed E-state index contributed by atoms with van der Waals surface area (Å²) in [5, 5.41) is 8.38. The van der Waals surface area contributed by atoms with E-state index in [1.54, 1.807) is 0 Å². The van der Waals surface area contributed by atoms with Crippen LogP contribution in [0, 0.1) is 5.92 Å². The zero-order chi connectivity index (χ0) is 11.0. The van der Waals surface area contributed by atoms with Gasteiger partial charge in [-0.3, -0.25) is 4.40 Å². The van der Waals surface area contributed by atoms with Gasteiger partial charge < -0.3 is 5.73 Å². The maximum absolute atomic E-state index is 5.85. The molecule has 1 unspecified atom stereocenters. The van der Waals surface area contributed by atoms with Crippen LogP contribution < -0.4 is 5.73 Å². The van der Waals surface area contributed by atoms with Crippen molar-refractivity contribution in [1.29, 1.82) is 0 Å². The molecule has 3 rings (SSSR count). The summed E-state index contributed by atoms with van der Waals surface area (Å²) in [6, 6.07) is 3.80. The standard InChI is InChI=1S/C11H14N4S/c12-9-2-1-4-15-10(13-14-11(9)15)6-8-3-5-16-7-8/h1-2,4,8H,3,5-7,12H2. The van der Waals surface area contributed by atoms with E-state index in [-0.39, 0.29) is 0 Å². The summed E-state index contributed by atoms with van der Waals surface area (Å²) in [5.74, 6) is 4.31. The Morgan fingerprint density at radius 1 is 1.50 bits per heavy atom. The van der Waals surface area contributed by atoms with E-state index in [9.17, 15) is 0 Å². The van der Waals surface area contributed by atoms with Crippen molar-refractivity contribution in [2.75, 3.05) is 17.2 Å². The molecule has 0 bridgehead atoms. The molecule has 16 heavy (non-hydrogen) atoms. The lowest BCUT2D eigenvalue weighted by Gasteiger charge is -2.06. The van der Waals surface area contributed by atoms with Crippen molar-refractivity contribution >= 4 is 23.1 Å². The fraction of sp³-hybridized carbons (Fsp3) is 0.455. The molecule has 1 aliphatic rings. The fourth-order valence-electron chi connectivity index (χ4n) is 2.13. The molecule has 2 aromatic heterocycles. The van der Waals surface area contributed by atoms with E-state index in [2.05, 4.69) is 10.2 Å². The Balaban J connectivity index is 1.94.